The van der Waals surface area contributed by atoms with Gasteiger partial charge in [-0.05, 0) is 56.7 Å². The molecule has 142 valence electrons. The van der Waals surface area contributed by atoms with Gasteiger partial charge in [-0.3, -0.25) is 0 Å². The SMILES string of the molecule is Cc1cc(C)n(-c2cccc(NC(=O)NCCCOCc3ccco3)c2)n1. The Labute approximate surface area is 158 Å². The first kappa shape index (κ1) is 18.7. The average Bonchev–Trinajstić information content (AvgIpc) is 3.27. The van der Waals surface area contributed by atoms with E-state index in [-0.39, 0.29) is 6.03 Å². The van der Waals surface area contributed by atoms with Crippen LogP contribution in [0.3, 0.4) is 0 Å². The van der Waals surface area contributed by atoms with Crippen LogP contribution in [0.1, 0.15) is 23.6 Å². The minimum absolute atomic E-state index is 0.244. The first-order chi connectivity index (χ1) is 13.1. The summed E-state index contributed by atoms with van der Waals surface area (Å²) in [6.07, 6.45) is 2.34. The Balaban J connectivity index is 1.41. The van der Waals surface area contributed by atoms with Gasteiger partial charge in [0.1, 0.15) is 12.4 Å². The fourth-order valence-electron chi connectivity index (χ4n) is 2.72. The largest absolute Gasteiger partial charge is 0.467 e. The molecule has 0 spiro atoms. The zero-order valence-electron chi connectivity index (χ0n) is 15.6. The van der Waals surface area contributed by atoms with Crippen molar-refractivity contribution in [3.8, 4) is 5.69 Å². The molecule has 2 N–H and O–H groups in total. The number of aryl methyl sites for hydroxylation is 2. The summed E-state index contributed by atoms with van der Waals surface area (Å²) in [5.41, 5.74) is 3.62. The second-order valence-corrected chi connectivity index (χ2v) is 6.26. The summed E-state index contributed by atoms with van der Waals surface area (Å²) in [6.45, 7) is 5.48. The fourth-order valence-corrected chi connectivity index (χ4v) is 2.72. The van der Waals surface area contributed by atoms with Crippen LogP contribution >= 0.6 is 0 Å². The number of hydrogen-bond acceptors (Lipinski definition) is 4. The Morgan fingerprint density at radius 1 is 1.22 bits per heavy atom. The third kappa shape index (κ3) is 5.46. The molecule has 0 aliphatic rings. The number of furan rings is 1. The van der Waals surface area contributed by atoms with Crippen LogP contribution in [0.25, 0.3) is 5.69 Å². The molecule has 0 aliphatic heterocycles. The third-order valence-corrected chi connectivity index (χ3v) is 3.93. The minimum Gasteiger partial charge on any atom is -0.467 e. The molecule has 0 radical (unpaired) electrons. The molecule has 1 aromatic carbocycles. The van der Waals surface area contributed by atoms with Gasteiger partial charge < -0.3 is 19.8 Å². The molecule has 2 amide bonds. The standard InChI is InChI=1S/C20H24N4O3/c1-15-12-16(2)24(23-15)18-7-3-6-17(13-18)22-20(25)21-9-5-10-26-14-19-8-4-11-27-19/h3-4,6-8,11-13H,5,9-10,14H2,1-2H3,(H2,21,22,25). The molecule has 0 atom stereocenters. The Hall–Kier alpha value is -3.06. The van der Waals surface area contributed by atoms with Crippen LogP contribution in [0.5, 0.6) is 0 Å². The number of benzene rings is 1. The van der Waals surface area contributed by atoms with Crippen LogP contribution in [0.15, 0.2) is 53.1 Å². The normalized spacial score (nSPS) is 10.7. The highest BCUT2D eigenvalue weighted by Gasteiger charge is 2.06. The lowest BCUT2D eigenvalue weighted by atomic mass is 10.2. The highest BCUT2D eigenvalue weighted by molar-refractivity contribution is 5.89. The Bertz CT molecular complexity index is 871. The van der Waals surface area contributed by atoms with Gasteiger partial charge in [0, 0.05) is 24.5 Å². The van der Waals surface area contributed by atoms with Gasteiger partial charge in [-0.1, -0.05) is 6.07 Å². The van der Waals surface area contributed by atoms with Crippen molar-refractivity contribution in [3.05, 3.63) is 65.9 Å². The van der Waals surface area contributed by atoms with Gasteiger partial charge in [-0.25, -0.2) is 9.48 Å². The van der Waals surface area contributed by atoms with E-state index in [1.54, 1.807) is 6.26 Å². The van der Waals surface area contributed by atoms with Crippen LogP contribution in [0.4, 0.5) is 10.5 Å². The summed E-state index contributed by atoms with van der Waals surface area (Å²) in [5.74, 6) is 0.795. The van der Waals surface area contributed by atoms with Crippen LogP contribution in [-0.2, 0) is 11.3 Å². The van der Waals surface area contributed by atoms with Crippen LogP contribution in [0.2, 0.25) is 0 Å². The van der Waals surface area contributed by atoms with Gasteiger partial charge in [0.15, 0.2) is 0 Å². The molecule has 0 unspecified atom stereocenters. The number of hydrogen-bond donors (Lipinski definition) is 2. The predicted octanol–water partition coefficient (Wildman–Crippen LogP) is 3.81. The maximum atomic E-state index is 12.1. The Morgan fingerprint density at radius 2 is 2.11 bits per heavy atom. The number of urea groups is 1. The van der Waals surface area contributed by atoms with Crippen molar-refractivity contribution in [2.24, 2.45) is 0 Å². The molecule has 3 rings (SSSR count). The quantitative estimate of drug-likeness (QED) is 0.593. The number of rotatable bonds is 8. The van der Waals surface area contributed by atoms with E-state index in [1.807, 2.05) is 61.0 Å². The Kier molecular flexibility index (Phi) is 6.27. The topological polar surface area (TPSA) is 81.3 Å². The van der Waals surface area contributed by atoms with Crippen molar-refractivity contribution in [3.63, 3.8) is 0 Å². The molecule has 2 heterocycles. The van der Waals surface area contributed by atoms with Crippen molar-refractivity contribution in [1.82, 2.24) is 15.1 Å². The minimum atomic E-state index is -0.244. The predicted molar refractivity (Wildman–Crippen MR) is 103 cm³/mol. The smallest absolute Gasteiger partial charge is 0.319 e. The number of nitrogens with zero attached hydrogens (tertiary/aromatic N) is 2. The number of ether oxygens (including phenoxy) is 1. The molecule has 0 saturated heterocycles. The lowest BCUT2D eigenvalue weighted by Crippen LogP contribution is -2.30. The summed E-state index contributed by atoms with van der Waals surface area (Å²) in [7, 11) is 0. The third-order valence-electron chi connectivity index (χ3n) is 3.93. The van der Waals surface area contributed by atoms with Crippen molar-refractivity contribution in [1.29, 1.82) is 0 Å². The van der Waals surface area contributed by atoms with Crippen molar-refractivity contribution >= 4 is 11.7 Å². The molecule has 0 aliphatic carbocycles. The summed E-state index contributed by atoms with van der Waals surface area (Å²) >= 11 is 0. The zero-order chi connectivity index (χ0) is 19.1. The zero-order valence-corrected chi connectivity index (χ0v) is 15.6. The number of amides is 2. The molecule has 27 heavy (non-hydrogen) atoms. The fraction of sp³-hybridized carbons (Fsp3) is 0.300. The van der Waals surface area contributed by atoms with E-state index in [2.05, 4.69) is 15.7 Å². The number of anilines is 1. The summed E-state index contributed by atoms with van der Waals surface area (Å²) in [4.78, 5) is 12.1. The second kappa shape index (κ2) is 9.05. The molecule has 3 aromatic rings. The molecule has 0 saturated carbocycles. The number of carbonyl (C=O) groups excluding carboxylic acids is 1. The van der Waals surface area contributed by atoms with E-state index in [1.165, 1.54) is 0 Å². The molecular weight excluding hydrogens is 344 g/mol. The highest BCUT2D eigenvalue weighted by atomic mass is 16.5. The van der Waals surface area contributed by atoms with E-state index in [4.69, 9.17) is 9.15 Å². The Morgan fingerprint density at radius 3 is 2.85 bits per heavy atom. The molecule has 2 aromatic heterocycles. The first-order valence-corrected chi connectivity index (χ1v) is 8.90. The monoisotopic (exact) mass is 368 g/mol. The molecular formula is C20H24N4O3. The summed E-state index contributed by atoms with van der Waals surface area (Å²) in [5, 5.41) is 10.1. The number of aromatic nitrogens is 2. The molecule has 0 bridgehead atoms. The maximum absolute atomic E-state index is 12.1. The van der Waals surface area contributed by atoms with Crippen molar-refractivity contribution in [2.75, 3.05) is 18.5 Å². The van der Waals surface area contributed by atoms with E-state index in [0.29, 0.717) is 25.4 Å². The number of nitrogens with one attached hydrogen (secondary N) is 2. The van der Waals surface area contributed by atoms with E-state index in [0.717, 1.165) is 29.3 Å². The second-order valence-electron chi connectivity index (χ2n) is 6.26. The molecule has 0 fully saturated rings. The van der Waals surface area contributed by atoms with Gasteiger partial charge in [-0.2, -0.15) is 5.10 Å². The lowest BCUT2D eigenvalue weighted by molar-refractivity contribution is 0.104. The first-order valence-electron chi connectivity index (χ1n) is 8.90. The molecule has 7 nitrogen and oxygen atoms in total. The summed E-state index contributed by atoms with van der Waals surface area (Å²) in [6, 6.07) is 13.1. The van der Waals surface area contributed by atoms with E-state index in [9.17, 15) is 4.79 Å². The number of carbonyl (C=O) groups is 1. The van der Waals surface area contributed by atoms with Gasteiger partial charge in [-0.15, -0.1) is 0 Å². The molecule has 7 heteroatoms. The van der Waals surface area contributed by atoms with Crippen molar-refractivity contribution in [2.45, 2.75) is 26.9 Å². The van der Waals surface area contributed by atoms with E-state index >= 15 is 0 Å². The van der Waals surface area contributed by atoms with Crippen LogP contribution < -0.4 is 10.6 Å². The highest BCUT2D eigenvalue weighted by Crippen LogP contribution is 2.16. The van der Waals surface area contributed by atoms with Gasteiger partial charge in [0.2, 0.25) is 0 Å². The lowest BCUT2D eigenvalue weighted by Gasteiger charge is -2.10. The van der Waals surface area contributed by atoms with Crippen LogP contribution in [-0.4, -0.2) is 29.0 Å². The average molecular weight is 368 g/mol. The summed E-state index contributed by atoms with van der Waals surface area (Å²) < 4.78 is 12.5. The van der Waals surface area contributed by atoms with Gasteiger partial charge in [0.05, 0.1) is 17.6 Å². The van der Waals surface area contributed by atoms with Gasteiger partial charge in [0.25, 0.3) is 0 Å². The van der Waals surface area contributed by atoms with Gasteiger partial charge >= 0.3 is 6.03 Å². The maximum Gasteiger partial charge on any atom is 0.319 e. The van der Waals surface area contributed by atoms with E-state index < -0.39 is 0 Å². The van der Waals surface area contributed by atoms with Crippen molar-refractivity contribution < 1.29 is 13.9 Å². The van der Waals surface area contributed by atoms with Crippen LogP contribution in [0, 0.1) is 13.8 Å².